The predicted molar refractivity (Wildman–Crippen MR) is 108 cm³/mol. The second kappa shape index (κ2) is 7.82. The van der Waals surface area contributed by atoms with Gasteiger partial charge in [-0.3, -0.25) is 4.90 Å². The van der Waals surface area contributed by atoms with Crippen LogP contribution < -0.4 is 4.74 Å². The molecule has 5 nitrogen and oxygen atoms in total. The second-order valence-corrected chi connectivity index (χ2v) is 9.31. The molecule has 3 aliphatic rings. The molecule has 0 amide bonds. The van der Waals surface area contributed by atoms with Crippen molar-refractivity contribution in [2.45, 2.75) is 63.5 Å². The summed E-state index contributed by atoms with van der Waals surface area (Å²) in [7, 11) is 0. The molecule has 27 heavy (non-hydrogen) atoms. The molecule has 2 fully saturated rings. The lowest BCUT2D eigenvalue weighted by Gasteiger charge is -2.38. The third-order valence-corrected chi connectivity index (χ3v) is 7.59. The van der Waals surface area contributed by atoms with Gasteiger partial charge in [-0.05, 0) is 68.5 Å². The Labute approximate surface area is 169 Å². The summed E-state index contributed by atoms with van der Waals surface area (Å²) in [5.41, 5.74) is 1.41. The van der Waals surface area contributed by atoms with Crippen LogP contribution in [0.3, 0.4) is 0 Å². The second-order valence-electron chi connectivity index (χ2n) is 7.89. The van der Waals surface area contributed by atoms with Gasteiger partial charge in [0.05, 0.1) is 18.6 Å². The summed E-state index contributed by atoms with van der Waals surface area (Å²) in [6.07, 6.45) is 9.54. The van der Waals surface area contributed by atoms with E-state index in [0.29, 0.717) is 11.3 Å². The average Bonchev–Trinajstić information content (AvgIpc) is 3.07. The van der Waals surface area contributed by atoms with Gasteiger partial charge in [-0.2, -0.15) is 4.98 Å². The number of aromatic nitrogens is 2. The Morgan fingerprint density at radius 3 is 2.63 bits per heavy atom. The van der Waals surface area contributed by atoms with E-state index < -0.39 is 0 Å². The van der Waals surface area contributed by atoms with E-state index in [0.717, 1.165) is 68.1 Å². The number of hydrogen-bond acceptors (Lipinski definition) is 6. The summed E-state index contributed by atoms with van der Waals surface area (Å²) < 4.78 is 11.9. The van der Waals surface area contributed by atoms with Crippen LogP contribution in [0, 0.1) is 0 Å². The van der Waals surface area contributed by atoms with Crippen LogP contribution in [0.5, 0.6) is 5.88 Å². The molecule has 0 N–H and O–H groups in total. The zero-order valence-corrected chi connectivity index (χ0v) is 17.2. The molecule has 2 aromatic rings. The van der Waals surface area contributed by atoms with Crippen LogP contribution in [0.2, 0.25) is 5.28 Å². The van der Waals surface area contributed by atoms with Gasteiger partial charge in [-0.25, -0.2) is 4.98 Å². The maximum atomic E-state index is 6.44. The third-order valence-electron chi connectivity index (χ3n) is 6.24. The van der Waals surface area contributed by atoms with Crippen LogP contribution in [-0.2, 0) is 17.6 Å². The molecule has 0 atom stereocenters. The van der Waals surface area contributed by atoms with E-state index in [1.165, 1.54) is 36.1 Å². The van der Waals surface area contributed by atoms with Gasteiger partial charge in [0.15, 0.2) is 0 Å². The average molecular weight is 408 g/mol. The van der Waals surface area contributed by atoms with Gasteiger partial charge in [0.2, 0.25) is 11.2 Å². The maximum absolute atomic E-state index is 6.44. The van der Waals surface area contributed by atoms with Crippen molar-refractivity contribution in [2.24, 2.45) is 0 Å². The summed E-state index contributed by atoms with van der Waals surface area (Å²) in [6.45, 7) is 3.88. The van der Waals surface area contributed by atoms with Crippen molar-refractivity contribution in [1.82, 2.24) is 14.9 Å². The minimum Gasteiger partial charge on any atom is -0.474 e. The summed E-state index contributed by atoms with van der Waals surface area (Å²) in [4.78, 5) is 14.0. The quantitative estimate of drug-likeness (QED) is 0.712. The number of hydrogen-bond donors (Lipinski definition) is 0. The molecule has 0 unspecified atom stereocenters. The minimum absolute atomic E-state index is 0.232. The van der Waals surface area contributed by atoms with Crippen molar-refractivity contribution in [1.29, 1.82) is 0 Å². The Kier molecular flexibility index (Phi) is 5.24. The SMILES string of the molecule is Clc1nc(O[C@H]2CC[C@H](N3CCOCC3)CC2)c2c3c(sc2n1)CCCC3. The molecule has 2 aromatic heterocycles. The lowest BCUT2D eigenvalue weighted by molar-refractivity contribution is -0.00126. The highest BCUT2D eigenvalue weighted by atomic mass is 35.5. The van der Waals surface area contributed by atoms with Crippen LogP contribution in [0.15, 0.2) is 0 Å². The number of thiophene rings is 1. The molecule has 5 rings (SSSR count). The molecule has 146 valence electrons. The molecule has 0 aromatic carbocycles. The first kappa shape index (κ1) is 18.1. The molecule has 7 heteroatoms. The molecule has 2 aliphatic carbocycles. The highest BCUT2D eigenvalue weighted by Gasteiger charge is 2.29. The van der Waals surface area contributed by atoms with E-state index in [1.54, 1.807) is 11.3 Å². The fraction of sp³-hybridized carbons (Fsp3) is 0.700. The van der Waals surface area contributed by atoms with E-state index in [2.05, 4.69) is 14.9 Å². The normalized spacial score (nSPS) is 26.9. The monoisotopic (exact) mass is 407 g/mol. The van der Waals surface area contributed by atoms with E-state index in [-0.39, 0.29) is 6.10 Å². The van der Waals surface area contributed by atoms with E-state index in [1.807, 2.05) is 0 Å². The number of aryl methyl sites for hydroxylation is 2. The molecule has 0 bridgehead atoms. The van der Waals surface area contributed by atoms with Gasteiger partial charge in [-0.15, -0.1) is 11.3 Å². The number of halogens is 1. The standard InChI is InChI=1S/C20H26ClN3O2S/c21-20-22-18(17-15-3-1-2-4-16(15)27-19(17)23-20)26-14-7-5-13(6-8-14)24-9-11-25-12-10-24/h13-14H,1-12H2/t13-,14-. The molecule has 1 saturated heterocycles. The largest absolute Gasteiger partial charge is 0.474 e. The number of fused-ring (bicyclic) bond motifs is 3. The molecular weight excluding hydrogens is 382 g/mol. The summed E-state index contributed by atoms with van der Waals surface area (Å²) in [5.74, 6) is 0.722. The van der Waals surface area contributed by atoms with Crippen LogP contribution >= 0.6 is 22.9 Å². The topological polar surface area (TPSA) is 47.5 Å². The number of rotatable bonds is 3. The first-order valence-electron chi connectivity index (χ1n) is 10.2. The van der Waals surface area contributed by atoms with Crippen LogP contribution in [0.4, 0.5) is 0 Å². The summed E-state index contributed by atoms with van der Waals surface area (Å²) in [6, 6.07) is 0.677. The Morgan fingerprint density at radius 1 is 1.04 bits per heavy atom. The number of morpholine rings is 1. The predicted octanol–water partition coefficient (Wildman–Crippen LogP) is 4.25. The summed E-state index contributed by atoms with van der Waals surface area (Å²) in [5, 5.41) is 1.44. The fourth-order valence-electron chi connectivity index (χ4n) is 4.81. The highest BCUT2D eigenvalue weighted by molar-refractivity contribution is 7.18. The minimum atomic E-state index is 0.232. The van der Waals surface area contributed by atoms with Crippen LogP contribution in [-0.4, -0.2) is 53.3 Å². The molecule has 1 aliphatic heterocycles. The van der Waals surface area contributed by atoms with Gasteiger partial charge in [0.25, 0.3) is 0 Å². The van der Waals surface area contributed by atoms with Gasteiger partial charge in [-0.1, -0.05) is 0 Å². The highest BCUT2D eigenvalue weighted by Crippen LogP contribution is 2.41. The number of nitrogens with zero attached hydrogens (tertiary/aromatic N) is 3. The van der Waals surface area contributed by atoms with Crippen molar-refractivity contribution in [2.75, 3.05) is 26.3 Å². The molecule has 3 heterocycles. The van der Waals surface area contributed by atoms with Crippen molar-refractivity contribution in [3.8, 4) is 5.88 Å². The molecular formula is C20H26ClN3O2S. The first-order chi connectivity index (χ1) is 13.3. The van der Waals surface area contributed by atoms with Gasteiger partial charge >= 0.3 is 0 Å². The van der Waals surface area contributed by atoms with Gasteiger partial charge in [0, 0.05) is 24.0 Å². The van der Waals surface area contributed by atoms with Crippen molar-refractivity contribution >= 4 is 33.2 Å². The Balaban J connectivity index is 1.32. The Bertz CT molecular complexity index is 813. The van der Waals surface area contributed by atoms with Crippen molar-refractivity contribution in [3.05, 3.63) is 15.7 Å². The van der Waals surface area contributed by atoms with E-state index in [4.69, 9.17) is 21.1 Å². The zero-order valence-electron chi connectivity index (χ0n) is 15.6. The number of ether oxygens (including phenoxy) is 2. The summed E-state index contributed by atoms with van der Waals surface area (Å²) >= 11 is 7.99. The lowest BCUT2D eigenvalue weighted by Crippen LogP contribution is -2.46. The van der Waals surface area contributed by atoms with Crippen molar-refractivity contribution < 1.29 is 9.47 Å². The fourth-order valence-corrected chi connectivity index (χ4v) is 6.28. The molecule has 0 radical (unpaired) electrons. The van der Waals surface area contributed by atoms with Crippen LogP contribution in [0.1, 0.15) is 49.0 Å². The smallest absolute Gasteiger partial charge is 0.227 e. The maximum Gasteiger partial charge on any atom is 0.227 e. The Hall–Kier alpha value is -0.950. The van der Waals surface area contributed by atoms with Gasteiger partial charge < -0.3 is 9.47 Å². The van der Waals surface area contributed by atoms with Crippen molar-refractivity contribution in [3.63, 3.8) is 0 Å². The molecule has 0 spiro atoms. The van der Waals surface area contributed by atoms with E-state index in [9.17, 15) is 0 Å². The van der Waals surface area contributed by atoms with Gasteiger partial charge in [0.1, 0.15) is 10.9 Å². The van der Waals surface area contributed by atoms with E-state index >= 15 is 0 Å². The molecule has 1 saturated carbocycles. The Morgan fingerprint density at radius 2 is 1.81 bits per heavy atom. The lowest BCUT2D eigenvalue weighted by atomic mass is 9.91. The first-order valence-corrected chi connectivity index (χ1v) is 11.4. The van der Waals surface area contributed by atoms with Crippen LogP contribution in [0.25, 0.3) is 10.2 Å². The third kappa shape index (κ3) is 3.69. The zero-order chi connectivity index (χ0) is 18.2.